The fourth-order valence-corrected chi connectivity index (χ4v) is 3.86. The zero-order valence-corrected chi connectivity index (χ0v) is 19.7. The molecule has 1 fully saturated rings. The van der Waals surface area contributed by atoms with Gasteiger partial charge >= 0.3 is 6.09 Å². The minimum Gasteiger partial charge on any atom is -0.442 e. The lowest BCUT2D eigenvalue weighted by Gasteiger charge is -2.36. The van der Waals surface area contributed by atoms with E-state index < -0.39 is 41.6 Å². The highest BCUT2D eigenvalue weighted by Crippen LogP contribution is 2.37. The summed E-state index contributed by atoms with van der Waals surface area (Å²) in [4.78, 5) is 30.9. The number of nitrogens with zero attached hydrogens (tertiary/aromatic N) is 5. The van der Waals surface area contributed by atoms with E-state index in [1.165, 1.54) is 6.33 Å². The van der Waals surface area contributed by atoms with Crippen molar-refractivity contribution in [3.63, 3.8) is 0 Å². The molecule has 0 aromatic carbocycles. The Hall–Kier alpha value is -1.72. The van der Waals surface area contributed by atoms with Gasteiger partial charge in [-0.2, -0.15) is 10.0 Å². The van der Waals surface area contributed by atoms with Crippen LogP contribution in [0, 0.1) is 0 Å². The van der Waals surface area contributed by atoms with Gasteiger partial charge in [-0.1, -0.05) is 11.6 Å². The standard InChI is InChI=1S/C19H27Cl2N5O5/c1-18(2,3)30-17(29)26(31-19(4,5)6)10-7-9(12(27)13(10)28)25-8-22-11-14(20)23-16(21)24-15(11)25/h8-10,12-13,27-28H,7H2,1-6H3/t9-,10+,12+,13-/m1/s1. The number of hydroxylamine groups is 2. The molecule has 4 atom stereocenters. The molecule has 0 bridgehead atoms. The second-order valence-electron chi connectivity index (χ2n) is 9.47. The maximum atomic E-state index is 12.9. The second kappa shape index (κ2) is 8.32. The van der Waals surface area contributed by atoms with Crippen molar-refractivity contribution in [2.24, 2.45) is 0 Å². The van der Waals surface area contributed by atoms with Crippen LogP contribution >= 0.6 is 23.2 Å². The molecule has 1 aliphatic rings. The van der Waals surface area contributed by atoms with E-state index in [2.05, 4.69) is 15.0 Å². The van der Waals surface area contributed by atoms with Crippen LogP contribution in [0.2, 0.25) is 10.4 Å². The summed E-state index contributed by atoms with van der Waals surface area (Å²) >= 11 is 12.0. The summed E-state index contributed by atoms with van der Waals surface area (Å²) in [5.41, 5.74) is -0.910. The smallest absolute Gasteiger partial charge is 0.434 e. The fraction of sp³-hybridized carbons (Fsp3) is 0.684. The molecule has 0 unspecified atom stereocenters. The third kappa shape index (κ3) is 5.20. The van der Waals surface area contributed by atoms with E-state index >= 15 is 0 Å². The molecule has 0 spiro atoms. The molecule has 1 saturated carbocycles. The van der Waals surface area contributed by atoms with Crippen LogP contribution in [0.5, 0.6) is 0 Å². The number of carbonyl (C=O) groups excluding carboxylic acids is 1. The van der Waals surface area contributed by atoms with Crippen molar-refractivity contribution in [1.29, 1.82) is 0 Å². The van der Waals surface area contributed by atoms with Gasteiger partial charge in [-0.3, -0.25) is 4.84 Å². The van der Waals surface area contributed by atoms with Gasteiger partial charge < -0.3 is 19.5 Å². The van der Waals surface area contributed by atoms with E-state index in [1.807, 2.05) is 0 Å². The number of imidazole rings is 1. The molecule has 3 rings (SSSR count). The maximum Gasteiger partial charge on any atom is 0.434 e. The van der Waals surface area contributed by atoms with Gasteiger partial charge in [-0.05, 0) is 59.6 Å². The number of aromatic nitrogens is 4. The van der Waals surface area contributed by atoms with Crippen molar-refractivity contribution >= 4 is 40.5 Å². The van der Waals surface area contributed by atoms with Gasteiger partial charge in [0.2, 0.25) is 5.28 Å². The number of hydrogen-bond acceptors (Lipinski definition) is 8. The molecule has 2 aromatic rings. The van der Waals surface area contributed by atoms with E-state index in [4.69, 9.17) is 32.8 Å². The SMILES string of the molecule is CC(C)(C)OC(=O)N(OC(C)(C)C)[C@H]1C[C@@H](n2cnc3c(Cl)nc(Cl)nc32)[C@H](O)[C@@H]1O. The minimum atomic E-state index is -1.31. The molecule has 12 heteroatoms. The van der Waals surface area contributed by atoms with Crippen LogP contribution in [0.4, 0.5) is 4.79 Å². The van der Waals surface area contributed by atoms with Crippen LogP contribution in [0.25, 0.3) is 11.2 Å². The number of amides is 1. The van der Waals surface area contributed by atoms with E-state index in [1.54, 1.807) is 46.1 Å². The Bertz CT molecular complexity index is 971. The molecule has 172 valence electrons. The van der Waals surface area contributed by atoms with Crippen LogP contribution in [0.15, 0.2) is 6.33 Å². The Morgan fingerprint density at radius 1 is 1.13 bits per heavy atom. The molecule has 1 aliphatic carbocycles. The van der Waals surface area contributed by atoms with E-state index in [9.17, 15) is 15.0 Å². The summed E-state index contributed by atoms with van der Waals surface area (Å²) in [6.45, 7) is 10.5. The monoisotopic (exact) mass is 475 g/mol. The van der Waals surface area contributed by atoms with Gasteiger partial charge in [0.1, 0.15) is 23.3 Å². The first-order valence-electron chi connectivity index (χ1n) is 9.81. The fourth-order valence-electron chi connectivity index (χ4n) is 3.44. The number of hydrogen-bond donors (Lipinski definition) is 2. The zero-order valence-electron chi connectivity index (χ0n) is 18.2. The predicted molar refractivity (Wildman–Crippen MR) is 114 cm³/mol. The Morgan fingerprint density at radius 3 is 2.35 bits per heavy atom. The predicted octanol–water partition coefficient (Wildman–Crippen LogP) is 3.14. The molecule has 0 saturated heterocycles. The van der Waals surface area contributed by atoms with Crippen LogP contribution in [0.3, 0.4) is 0 Å². The first-order chi connectivity index (χ1) is 14.2. The molecule has 2 aromatic heterocycles. The van der Waals surface area contributed by atoms with Gasteiger partial charge in [-0.25, -0.2) is 14.8 Å². The molecule has 2 heterocycles. The molecule has 31 heavy (non-hydrogen) atoms. The molecular weight excluding hydrogens is 449 g/mol. The minimum absolute atomic E-state index is 0.0738. The van der Waals surface area contributed by atoms with Crippen molar-refractivity contribution in [3.8, 4) is 0 Å². The van der Waals surface area contributed by atoms with Crippen molar-refractivity contribution in [2.75, 3.05) is 0 Å². The normalized spacial score (nSPS) is 24.6. The van der Waals surface area contributed by atoms with Gasteiger partial charge in [0.25, 0.3) is 0 Å². The summed E-state index contributed by atoms with van der Waals surface area (Å²) in [5.74, 6) is 0. The number of aliphatic hydroxyl groups excluding tert-OH is 2. The van der Waals surface area contributed by atoms with Gasteiger partial charge in [0, 0.05) is 0 Å². The first kappa shape index (κ1) is 23.9. The third-order valence-electron chi connectivity index (χ3n) is 4.58. The summed E-state index contributed by atoms with van der Waals surface area (Å²) in [6.07, 6.45) is -1.74. The third-order valence-corrected chi connectivity index (χ3v) is 5.01. The summed E-state index contributed by atoms with van der Waals surface area (Å²) in [7, 11) is 0. The Labute approximate surface area is 190 Å². The van der Waals surface area contributed by atoms with Crippen molar-refractivity contribution < 1.29 is 24.6 Å². The second-order valence-corrected chi connectivity index (χ2v) is 10.2. The highest BCUT2D eigenvalue weighted by atomic mass is 35.5. The van der Waals surface area contributed by atoms with Crippen LogP contribution in [-0.4, -0.2) is 70.3 Å². The Balaban J connectivity index is 1.96. The quantitative estimate of drug-likeness (QED) is 0.394. The van der Waals surface area contributed by atoms with Crippen molar-refractivity contribution in [3.05, 3.63) is 16.8 Å². The molecule has 1 amide bonds. The van der Waals surface area contributed by atoms with Crippen molar-refractivity contribution in [1.82, 2.24) is 24.6 Å². The first-order valence-corrected chi connectivity index (χ1v) is 10.6. The van der Waals surface area contributed by atoms with Crippen LogP contribution in [-0.2, 0) is 9.57 Å². The number of fused-ring (bicyclic) bond motifs is 1. The van der Waals surface area contributed by atoms with E-state index in [0.29, 0.717) is 11.2 Å². The lowest BCUT2D eigenvalue weighted by molar-refractivity contribution is -0.241. The average Bonchev–Trinajstić information content (AvgIpc) is 3.13. The number of aliphatic hydroxyl groups is 2. The highest BCUT2D eigenvalue weighted by molar-refractivity contribution is 6.35. The topological polar surface area (TPSA) is 123 Å². The Kier molecular flexibility index (Phi) is 6.43. The average molecular weight is 476 g/mol. The zero-order chi connectivity index (χ0) is 23.3. The van der Waals surface area contributed by atoms with Crippen LogP contribution in [0.1, 0.15) is 54.0 Å². The Morgan fingerprint density at radius 2 is 1.77 bits per heavy atom. The lowest BCUT2D eigenvalue weighted by Crippen LogP contribution is -2.51. The summed E-state index contributed by atoms with van der Waals surface area (Å²) < 4.78 is 7.03. The van der Waals surface area contributed by atoms with Gasteiger partial charge in [0.05, 0.1) is 24.0 Å². The summed E-state index contributed by atoms with van der Waals surface area (Å²) in [5, 5.41) is 22.6. The summed E-state index contributed by atoms with van der Waals surface area (Å²) in [6, 6.07) is -1.57. The maximum absolute atomic E-state index is 12.9. The van der Waals surface area contributed by atoms with E-state index in [-0.39, 0.29) is 16.9 Å². The molecule has 0 radical (unpaired) electrons. The number of carbonyl (C=O) groups is 1. The number of halogens is 2. The van der Waals surface area contributed by atoms with E-state index in [0.717, 1.165) is 5.06 Å². The molecular formula is C19H27Cl2N5O5. The largest absolute Gasteiger partial charge is 0.442 e. The number of ether oxygens (including phenoxy) is 1. The highest BCUT2D eigenvalue weighted by Gasteiger charge is 2.49. The van der Waals surface area contributed by atoms with Gasteiger partial charge in [-0.15, -0.1) is 0 Å². The molecule has 0 aliphatic heterocycles. The molecule has 10 nitrogen and oxygen atoms in total. The molecule has 2 N–H and O–H groups in total. The van der Waals surface area contributed by atoms with Crippen LogP contribution < -0.4 is 0 Å². The van der Waals surface area contributed by atoms with Crippen molar-refractivity contribution in [2.45, 2.75) is 83.5 Å². The number of rotatable bonds is 3. The lowest BCUT2D eigenvalue weighted by atomic mass is 10.2. The van der Waals surface area contributed by atoms with Gasteiger partial charge in [0.15, 0.2) is 10.8 Å².